The van der Waals surface area contributed by atoms with E-state index < -0.39 is 24.2 Å². The van der Waals surface area contributed by atoms with Gasteiger partial charge in [-0.05, 0) is 62.4 Å². The fraction of sp³-hybridized carbons (Fsp3) is 0.154. The minimum absolute atomic E-state index is 0.0450. The van der Waals surface area contributed by atoms with Gasteiger partial charge in [-0.3, -0.25) is 4.79 Å². The van der Waals surface area contributed by atoms with Crippen molar-refractivity contribution in [1.82, 2.24) is 4.57 Å². The van der Waals surface area contributed by atoms with Gasteiger partial charge < -0.3 is 19.1 Å². The average Bonchev–Trinajstić information content (AvgIpc) is 3.10. The Morgan fingerprint density at radius 1 is 1.00 bits per heavy atom. The number of fused-ring (bicyclic) bond motifs is 1. The molecule has 0 aliphatic carbocycles. The summed E-state index contributed by atoms with van der Waals surface area (Å²) in [6.07, 6.45) is -6.14. The van der Waals surface area contributed by atoms with Crippen molar-refractivity contribution in [3.8, 4) is 17.2 Å². The minimum atomic E-state index is -4.92. The van der Waals surface area contributed by atoms with E-state index in [1.807, 2.05) is 0 Å². The van der Waals surface area contributed by atoms with Crippen LogP contribution in [-0.4, -0.2) is 33.9 Å². The van der Waals surface area contributed by atoms with E-state index in [0.717, 1.165) is 6.07 Å². The zero-order valence-electron chi connectivity index (χ0n) is 19.3. The van der Waals surface area contributed by atoms with Gasteiger partial charge in [0.05, 0.1) is 16.1 Å². The molecule has 1 aromatic heterocycles. The number of rotatable bonds is 7. The summed E-state index contributed by atoms with van der Waals surface area (Å²) in [6.45, 7) is 2.97. The van der Waals surface area contributed by atoms with Gasteiger partial charge in [0.1, 0.15) is 11.5 Å². The quantitative estimate of drug-likeness (QED) is 0.245. The highest BCUT2D eigenvalue weighted by Gasteiger charge is 2.32. The van der Waals surface area contributed by atoms with Crippen LogP contribution in [0.1, 0.15) is 28.5 Å². The van der Waals surface area contributed by atoms with E-state index in [1.165, 1.54) is 31.2 Å². The van der Waals surface area contributed by atoms with Gasteiger partial charge in [-0.15, -0.1) is 13.2 Å². The van der Waals surface area contributed by atoms with Gasteiger partial charge in [-0.2, -0.15) is 0 Å². The lowest BCUT2D eigenvalue weighted by Gasteiger charge is -2.15. The summed E-state index contributed by atoms with van der Waals surface area (Å²) in [7, 11) is 0. The van der Waals surface area contributed by atoms with E-state index in [0.29, 0.717) is 27.4 Å². The molecule has 4 aromatic rings. The number of ether oxygens (including phenoxy) is 2. The van der Waals surface area contributed by atoms with Crippen LogP contribution in [0.3, 0.4) is 0 Å². The monoisotopic (exact) mass is 551 g/mol. The molecule has 1 N–H and O–H groups in total. The van der Waals surface area contributed by atoms with Crippen LogP contribution in [0.15, 0.2) is 60.7 Å². The minimum Gasteiger partial charge on any atom is -0.479 e. The number of alkyl halides is 3. The first kappa shape index (κ1) is 26.4. The highest BCUT2D eigenvalue weighted by atomic mass is 35.5. The predicted molar refractivity (Wildman–Crippen MR) is 132 cm³/mol. The van der Waals surface area contributed by atoms with Crippen LogP contribution in [0, 0.1) is 6.92 Å². The molecule has 37 heavy (non-hydrogen) atoms. The first-order valence-corrected chi connectivity index (χ1v) is 11.5. The van der Waals surface area contributed by atoms with Crippen molar-refractivity contribution >= 4 is 45.9 Å². The van der Waals surface area contributed by atoms with Gasteiger partial charge >= 0.3 is 12.3 Å². The number of benzene rings is 3. The molecule has 0 aliphatic rings. The molecule has 0 spiro atoms. The number of carboxylic acid groups (broad SMARTS) is 1. The average molecular weight is 552 g/mol. The third kappa shape index (κ3) is 5.52. The summed E-state index contributed by atoms with van der Waals surface area (Å²) < 4.78 is 49.9. The second-order valence-corrected chi connectivity index (χ2v) is 8.92. The standard InChI is InChI=1S/C26H18Cl2F3NO5/c1-13-23(24(33)15-3-5-16(27)6-4-15)19-9-8-18(37-26(29,30)31)12-21(19)32(13)17-7-10-20(28)22(11-17)36-14(2)25(34)35/h3-12,14H,1-2H3,(H,34,35). The van der Waals surface area contributed by atoms with Crippen molar-refractivity contribution in [2.24, 2.45) is 0 Å². The Morgan fingerprint density at radius 3 is 2.30 bits per heavy atom. The fourth-order valence-corrected chi connectivity index (χ4v) is 4.21. The second kappa shape index (κ2) is 9.99. The van der Waals surface area contributed by atoms with Gasteiger partial charge in [-0.25, -0.2) is 4.79 Å². The van der Waals surface area contributed by atoms with Crippen LogP contribution >= 0.6 is 23.2 Å². The Balaban J connectivity index is 1.94. The summed E-state index contributed by atoms with van der Waals surface area (Å²) >= 11 is 12.1. The van der Waals surface area contributed by atoms with E-state index in [4.69, 9.17) is 27.9 Å². The molecule has 6 nitrogen and oxygen atoms in total. The van der Waals surface area contributed by atoms with E-state index in [1.54, 1.807) is 41.8 Å². The topological polar surface area (TPSA) is 77.8 Å². The van der Waals surface area contributed by atoms with Crippen LogP contribution < -0.4 is 9.47 Å². The number of ketones is 1. The smallest absolute Gasteiger partial charge is 0.479 e. The number of hydrogen-bond donors (Lipinski definition) is 1. The molecule has 1 atom stereocenters. The van der Waals surface area contributed by atoms with Crippen molar-refractivity contribution in [3.05, 3.63) is 87.5 Å². The molecule has 0 amide bonds. The highest BCUT2D eigenvalue weighted by Crippen LogP contribution is 2.37. The Kier molecular flexibility index (Phi) is 7.12. The lowest BCUT2D eigenvalue weighted by molar-refractivity contribution is -0.274. The number of halogens is 5. The first-order chi connectivity index (χ1) is 17.4. The maximum absolute atomic E-state index is 13.5. The number of nitrogens with zero attached hydrogens (tertiary/aromatic N) is 1. The van der Waals surface area contributed by atoms with Crippen LogP contribution in [-0.2, 0) is 4.79 Å². The van der Waals surface area contributed by atoms with Gasteiger partial charge in [0.25, 0.3) is 0 Å². The van der Waals surface area contributed by atoms with Crippen molar-refractivity contribution in [2.75, 3.05) is 0 Å². The lowest BCUT2D eigenvalue weighted by atomic mass is 10.0. The van der Waals surface area contributed by atoms with E-state index >= 15 is 0 Å². The fourth-order valence-electron chi connectivity index (χ4n) is 3.92. The molecular weight excluding hydrogens is 534 g/mol. The van der Waals surface area contributed by atoms with Gasteiger partial charge in [0, 0.05) is 39.5 Å². The molecule has 0 aliphatic heterocycles. The Hall–Kier alpha value is -3.69. The number of carboxylic acids is 1. The predicted octanol–water partition coefficient (Wildman–Crippen LogP) is 7.23. The molecule has 4 rings (SSSR count). The Bertz CT molecular complexity index is 1510. The molecule has 0 bridgehead atoms. The third-order valence-electron chi connectivity index (χ3n) is 5.57. The lowest BCUT2D eigenvalue weighted by Crippen LogP contribution is -2.23. The molecule has 11 heteroatoms. The van der Waals surface area contributed by atoms with Crippen LogP contribution in [0.4, 0.5) is 13.2 Å². The molecule has 0 fully saturated rings. The molecule has 0 saturated heterocycles. The number of carbonyl (C=O) groups is 2. The van der Waals surface area contributed by atoms with E-state index in [-0.39, 0.29) is 27.6 Å². The Labute approximate surface area is 218 Å². The van der Waals surface area contributed by atoms with Gasteiger partial charge in [0.15, 0.2) is 11.9 Å². The van der Waals surface area contributed by atoms with Gasteiger partial charge in [-0.1, -0.05) is 23.2 Å². The maximum Gasteiger partial charge on any atom is 0.573 e. The van der Waals surface area contributed by atoms with Gasteiger partial charge in [0.2, 0.25) is 0 Å². The highest BCUT2D eigenvalue weighted by molar-refractivity contribution is 6.32. The zero-order valence-corrected chi connectivity index (χ0v) is 20.8. The molecule has 192 valence electrons. The SMILES string of the molecule is Cc1c(C(=O)c2ccc(Cl)cc2)c2ccc(OC(F)(F)F)cc2n1-c1ccc(Cl)c(OC(C)C(=O)O)c1. The summed E-state index contributed by atoms with van der Waals surface area (Å²) in [5.74, 6) is -2.01. The van der Waals surface area contributed by atoms with Crippen LogP contribution in [0.5, 0.6) is 11.5 Å². The maximum atomic E-state index is 13.5. The largest absolute Gasteiger partial charge is 0.573 e. The molecule has 0 radical (unpaired) electrons. The summed E-state index contributed by atoms with van der Waals surface area (Å²) in [4.78, 5) is 24.8. The van der Waals surface area contributed by atoms with Crippen molar-refractivity contribution < 1.29 is 37.3 Å². The summed E-state index contributed by atoms with van der Waals surface area (Å²) in [6, 6.07) is 14.4. The van der Waals surface area contributed by atoms with Crippen molar-refractivity contribution in [1.29, 1.82) is 0 Å². The second-order valence-electron chi connectivity index (χ2n) is 8.07. The summed E-state index contributed by atoms with van der Waals surface area (Å²) in [5.41, 5.74) is 1.62. The number of carbonyl (C=O) groups excluding carboxylic acids is 1. The van der Waals surface area contributed by atoms with Crippen molar-refractivity contribution in [3.63, 3.8) is 0 Å². The van der Waals surface area contributed by atoms with Crippen LogP contribution in [0.25, 0.3) is 16.6 Å². The first-order valence-electron chi connectivity index (χ1n) is 10.8. The molecular formula is C26H18Cl2F3NO5. The van der Waals surface area contributed by atoms with E-state index in [2.05, 4.69) is 4.74 Å². The molecule has 0 saturated carbocycles. The van der Waals surface area contributed by atoms with E-state index in [9.17, 15) is 27.9 Å². The molecule has 3 aromatic carbocycles. The van der Waals surface area contributed by atoms with Crippen molar-refractivity contribution in [2.45, 2.75) is 26.3 Å². The zero-order chi connectivity index (χ0) is 27.1. The third-order valence-corrected chi connectivity index (χ3v) is 6.13. The summed E-state index contributed by atoms with van der Waals surface area (Å²) in [5, 5.41) is 10.1. The number of aliphatic carboxylic acids is 1. The normalized spacial score (nSPS) is 12.4. The molecule has 1 unspecified atom stereocenters. The number of aromatic nitrogens is 1. The molecule has 1 heterocycles. The number of hydrogen-bond acceptors (Lipinski definition) is 4. The van der Waals surface area contributed by atoms with Crippen LogP contribution in [0.2, 0.25) is 10.0 Å². The Morgan fingerprint density at radius 2 is 1.68 bits per heavy atom.